The van der Waals surface area contributed by atoms with Crippen molar-refractivity contribution in [2.45, 2.75) is 59.5 Å². The van der Waals surface area contributed by atoms with Crippen LogP contribution in [0.1, 0.15) is 55.9 Å². The topological polar surface area (TPSA) is 50.8 Å². The van der Waals surface area contributed by atoms with Crippen molar-refractivity contribution in [1.82, 2.24) is 10.2 Å². The van der Waals surface area contributed by atoms with Gasteiger partial charge in [-0.2, -0.15) is 0 Å². The van der Waals surface area contributed by atoms with Gasteiger partial charge in [-0.3, -0.25) is 4.79 Å². The first-order valence-corrected chi connectivity index (χ1v) is 13.0. The maximum atomic E-state index is 13.4. The van der Waals surface area contributed by atoms with Crippen molar-refractivity contribution in [3.05, 3.63) is 57.6 Å². The van der Waals surface area contributed by atoms with E-state index in [1.165, 1.54) is 36.0 Å². The van der Waals surface area contributed by atoms with Crippen molar-refractivity contribution in [2.24, 2.45) is 11.8 Å². The highest BCUT2D eigenvalue weighted by Gasteiger charge is 2.23. The monoisotopic (exact) mass is 484 g/mol. The van der Waals surface area contributed by atoms with Crippen LogP contribution in [-0.4, -0.2) is 37.1 Å². The summed E-state index contributed by atoms with van der Waals surface area (Å²) >= 11 is 6.50. The fraction of sp³-hybridized carbons (Fsp3) is 0.536. The molecule has 1 heterocycles. The number of fused-ring (bicyclic) bond motifs is 2. The molecule has 6 heteroatoms. The summed E-state index contributed by atoms with van der Waals surface area (Å²) in [6.07, 6.45) is 4.43. The van der Waals surface area contributed by atoms with Crippen LogP contribution in [0.2, 0.25) is 5.02 Å². The molecule has 0 aromatic heterocycles. The van der Waals surface area contributed by atoms with Gasteiger partial charge in [-0.25, -0.2) is 0 Å². The molecule has 1 aliphatic carbocycles. The highest BCUT2D eigenvalue weighted by molar-refractivity contribution is 6.32. The summed E-state index contributed by atoms with van der Waals surface area (Å²) in [5, 5.41) is 4.07. The van der Waals surface area contributed by atoms with E-state index >= 15 is 0 Å². The molecule has 2 aromatic carbocycles. The summed E-state index contributed by atoms with van der Waals surface area (Å²) in [4.78, 5) is 15.4. The predicted molar refractivity (Wildman–Crippen MR) is 137 cm³/mol. The van der Waals surface area contributed by atoms with Crippen LogP contribution in [0.15, 0.2) is 30.3 Å². The minimum absolute atomic E-state index is 0.119. The van der Waals surface area contributed by atoms with Crippen LogP contribution in [-0.2, 0) is 30.7 Å². The van der Waals surface area contributed by atoms with Gasteiger partial charge in [-0.15, -0.1) is 0 Å². The van der Waals surface area contributed by atoms with Gasteiger partial charge in [0.15, 0.2) is 11.5 Å². The Hall–Kier alpha value is -2.24. The summed E-state index contributed by atoms with van der Waals surface area (Å²) in [5.41, 5.74) is 5.32. The van der Waals surface area contributed by atoms with E-state index < -0.39 is 0 Å². The summed E-state index contributed by atoms with van der Waals surface area (Å²) in [6, 6.07) is 10.5. The average molecular weight is 485 g/mol. The number of nitrogens with one attached hydrogen (secondary N) is 1. The highest BCUT2D eigenvalue weighted by atomic mass is 35.5. The van der Waals surface area contributed by atoms with Gasteiger partial charge in [0.1, 0.15) is 0 Å². The van der Waals surface area contributed by atoms with Crippen LogP contribution >= 0.6 is 11.6 Å². The third kappa shape index (κ3) is 6.05. The smallest absolute Gasteiger partial charge is 0.226 e. The minimum Gasteiger partial charge on any atom is -0.489 e. The third-order valence-corrected chi connectivity index (χ3v) is 6.84. The fourth-order valence-electron chi connectivity index (χ4n) is 4.96. The first-order chi connectivity index (χ1) is 16.4. The number of nitrogens with zero attached hydrogens (tertiary/aromatic N) is 1. The van der Waals surface area contributed by atoms with E-state index in [1.807, 2.05) is 24.0 Å². The molecule has 0 radical (unpaired) electrons. The maximum absolute atomic E-state index is 13.4. The van der Waals surface area contributed by atoms with Crippen LogP contribution in [0, 0.1) is 11.8 Å². The normalized spacial score (nSPS) is 15.7. The molecule has 1 atom stereocenters. The van der Waals surface area contributed by atoms with Gasteiger partial charge in [0.05, 0.1) is 18.2 Å². The van der Waals surface area contributed by atoms with E-state index in [4.69, 9.17) is 21.1 Å². The van der Waals surface area contributed by atoms with Crippen LogP contribution in [0.25, 0.3) is 0 Å². The number of benzene rings is 2. The molecule has 0 spiro atoms. The highest BCUT2D eigenvalue weighted by Crippen LogP contribution is 2.38. The van der Waals surface area contributed by atoms with Gasteiger partial charge < -0.3 is 19.7 Å². The first kappa shape index (κ1) is 24.9. The second kappa shape index (κ2) is 11.5. The molecular formula is C28H37ClN2O3. The van der Waals surface area contributed by atoms with E-state index in [1.54, 1.807) is 0 Å². The maximum Gasteiger partial charge on any atom is 0.226 e. The van der Waals surface area contributed by atoms with Gasteiger partial charge in [0, 0.05) is 38.5 Å². The number of ether oxygens (including phenoxy) is 2. The Balaban J connectivity index is 1.40. The van der Waals surface area contributed by atoms with Crippen LogP contribution < -0.4 is 14.8 Å². The Bertz CT molecular complexity index is 1010. The molecule has 1 amide bonds. The van der Waals surface area contributed by atoms with Crippen LogP contribution in [0.5, 0.6) is 11.5 Å². The number of rotatable bonds is 9. The Morgan fingerprint density at radius 1 is 1.12 bits per heavy atom. The summed E-state index contributed by atoms with van der Waals surface area (Å²) < 4.78 is 11.6. The van der Waals surface area contributed by atoms with Crippen molar-refractivity contribution in [2.75, 3.05) is 26.3 Å². The lowest BCUT2D eigenvalue weighted by molar-refractivity contribution is -0.136. The number of amides is 1. The average Bonchev–Trinajstić information content (AvgIpc) is 3.16. The fourth-order valence-corrected chi connectivity index (χ4v) is 5.24. The van der Waals surface area contributed by atoms with Gasteiger partial charge in [-0.05, 0) is 59.6 Å². The molecule has 0 saturated heterocycles. The molecule has 1 aliphatic heterocycles. The van der Waals surface area contributed by atoms with E-state index in [-0.39, 0.29) is 11.8 Å². The quantitative estimate of drug-likeness (QED) is 0.517. The number of hydrogen-bond donors (Lipinski definition) is 1. The van der Waals surface area contributed by atoms with Crippen LogP contribution in [0.3, 0.4) is 0 Å². The second-order valence-corrected chi connectivity index (χ2v) is 10.4. The number of aryl methyl sites for hydroxylation is 1. The molecule has 34 heavy (non-hydrogen) atoms. The molecular weight excluding hydrogens is 448 g/mol. The first-order valence-electron chi connectivity index (χ1n) is 12.6. The lowest BCUT2D eigenvalue weighted by atomic mass is 10.0. The number of carbonyl (C=O) groups excluding carboxylic acids is 1. The molecule has 0 fully saturated rings. The largest absolute Gasteiger partial charge is 0.489 e. The van der Waals surface area contributed by atoms with Crippen molar-refractivity contribution in [3.63, 3.8) is 0 Å². The molecule has 5 nitrogen and oxygen atoms in total. The molecule has 2 aromatic rings. The van der Waals surface area contributed by atoms with Gasteiger partial charge in [0.25, 0.3) is 0 Å². The summed E-state index contributed by atoms with van der Waals surface area (Å²) in [6.45, 7) is 10.2. The summed E-state index contributed by atoms with van der Waals surface area (Å²) in [5.74, 6) is 1.68. The van der Waals surface area contributed by atoms with Crippen molar-refractivity contribution < 1.29 is 14.3 Å². The Morgan fingerprint density at radius 2 is 1.94 bits per heavy atom. The second-order valence-electron chi connectivity index (χ2n) is 10.0. The lowest BCUT2D eigenvalue weighted by Crippen LogP contribution is -2.40. The van der Waals surface area contributed by atoms with E-state index in [0.29, 0.717) is 55.3 Å². The zero-order valence-electron chi connectivity index (χ0n) is 20.7. The van der Waals surface area contributed by atoms with Gasteiger partial charge in [-0.1, -0.05) is 50.6 Å². The zero-order chi connectivity index (χ0) is 24.1. The molecule has 1 unspecified atom stereocenters. The van der Waals surface area contributed by atoms with E-state index in [9.17, 15) is 4.79 Å². The lowest BCUT2D eigenvalue weighted by Gasteiger charge is -2.28. The Morgan fingerprint density at radius 3 is 2.76 bits per heavy atom. The molecule has 2 aliphatic rings. The van der Waals surface area contributed by atoms with Crippen molar-refractivity contribution >= 4 is 17.5 Å². The van der Waals surface area contributed by atoms with Crippen molar-refractivity contribution in [3.8, 4) is 11.5 Å². The Labute approximate surface area is 208 Å². The predicted octanol–water partition coefficient (Wildman–Crippen LogP) is 5.40. The van der Waals surface area contributed by atoms with Gasteiger partial charge >= 0.3 is 0 Å². The number of carbonyl (C=O) groups is 1. The van der Waals surface area contributed by atoms with E-state index in [0.717, 1.165) is 18.5 Å². The van der Waals surface area contributed by atoms with Crippen LogP contribution in [0.4, 0.5) is 0 Å². The van der Waals surface area contributed by atoms with Crippen molar-refractivity contribution in [1.29, 1.82) is 0 Å². The molecule has 0 saturated carbocycles. The summed E-state index contributed by atoms with van der Waals surface area (Å²) in [7, 11) is 0. The Kier molecular flexibility index (Phi) is 8.38. The van der Waals surface area contributed by atoms with Gasteiger partial charge in [0.2, 0.25) is 5.91 Å². The number of hydrogen-bond acceptors (Lipinski definition) is 4. The molecule has 0 bridgehead atoms. The number of halogens is 1. The molecule has 184 valence electrons. The minimum atomic E-state index is -0.119. The zero-order valence-corrected chi connectivity index (χ0v) is 21.4. The third-order valence-electron chi connectivity index (χ3n) is 6.56. The molecule has 4 rings (SSSR count). The standard InChI is InChI=1S/C28H37ClN2O3/c1-19(2)17-31(18-21-13-25(29)27-26(14-21)33-11-6-12-34-27)28(32)20(3)15-30-16-23-9-4-7-22-8-5-10-24(22)23/h4,7,9,13-14,19-20,30H,5-6,8,10-12,15-18H2,1-3H3. The SMILES string of the molecule is CC(C)CN(Cc1cc(Cl)c2c(c1)OCCCO2)C(=O)C(C)CNCc1cccc2c1CCC2. The molecule has 1 N–H and O–H groups in total. The van der Waals surface area contributed by atoms with E-state index in [2.05, 4.69) is 37.4 Å².